The van der Waals surface area contributed by atoms with Crippen LogP contribution in [-0.2, 0) is 4.74 Å². The number of benzene rings is 1. The zero-order valence-corrected chi connectivity index (χ0v) is 13.0. The van der Waals surface area contributed by atoms with Gasteiger partial charge in [-0.25, -0.2) is 0 Å². The van der Waals surface area contributed by atoms with Crippen LogP contribution in [-0.4, -0.2) is 16.8 Å². The fourth-order valence-corrected chi connectivity index (χ4v) is 1.81. The number of phenols is 1. The van der Waals surface area contributed by atoms with Crippen molar-refractivity contribution < 1.29 is 19.2 Å². The van der Waals surface area contributed by atoms with Crippen molar-refractivity contribution in [1.82, 2.24) is 0 Å². The smallest absolute Gasteiger partial charge is 0.508 e. The van der Waals surface area contributed by atoms with E-state index in [1.165, 1.54) is 4.57 Å². The van der Waals surface area contributed by atoms with Gasteiger partial charge < -0.3 is 9.84 Å². The van der Waals surface area contributed by atoms with Crippen molar-refractivity contribution >= 4 is 18.2 Å². The van der Waals surface area contributed by atoms with Gasteiger partial charge in [0.1, 0.15) is 11.4 Å². The van der Waals surface area contributed by atoms with E-state index in [2.05, 4.69) is 0 Å². The second-order valence-electron chi connectivity index (χ2n) is 5.95. The fraction of sp³-hybridized carbons (Fsp3) is 0.222. The molecule has 0 radical (unpaired) electrons. The van der Waals surface area contributed by atoms with Crippen LogP contribution in [0.25, 0.3) is 12.2 Å². The van der Waals surface area contributed by atoms with Gasteiger partial charge >= 0.3 is 6.09 Å². The molecule has 1 heterocycles. The maximum absolute atomic E-state index is 11.9. The van der Waals surface area contributed by atoms with E-state index in [-0.39, 0.29) is 5.75 Å². The lowest BCUT2D eigenvalue weighted by Crippen LogP contribution is -2.45. The minimum atomic E-state index is -0.516. The number of hydrogen-bond acceptors (Lipinski definition) is 3. The predicted molar refractivity (Wildman–Crippen MR) is 85.3 cm³/mol. The molecule has 0 spiro atoms. The molecule has 1 aromatic carbocycles. The third-order valence-corrected chi connectivity index (χ3v) is 2.80. The minimum absolute atomic E-state index is 0.234. The molecule has 4 heteroatoms. The van der Waals surface area contributed by atoms with E-state index in [1.807, 2.05) is 51.1 Å². The van der Waals surface area contributed by atoms with Gasteiger partial charge in [0.25, 0.3) is 0 Å². The van der Waals surface area contributed by atoms with Gasteiger partial charge in [-0.15, -0.1) is 0 Å². The molecule has 0 aliphatic carbocycles. The lowest BCUT2D eigenvalue weighted by atomic mass is 10.1. The molecule has 2 aromatic rings. The number of aromatic nitrogens is 1. The van der Waals surface area contributed by atoms with Crippen molar-refractivity contribution in [3.05, 3.63) is 59.9 Å². The topological polar surface area (TPSA) is 50.4 Å². The minimum Gasteiger partial charge on any atom is -0.508 e. The first kappa shape index (κ1) is 15.8. The Kier molecular flexibility index (Phi) is 4.61. The highest BCUT2D eigenvalue weighted by atomic mass is 16.6. The third-order valence-electron chi connectivity index (χ3n) is 2.80. The molecular weight excluding hydrogens is 278 g/mol. The molecule has 114 valence electrons. The largest absolute Gasteiger partial charge is 0.602 e. The zero-order chi connectivity index (χ0) is 16.2. The molecule has 1 N–H and O–H groups in total. The first-order valence-corrected chi connectivity index (χ1v) is 7.05. The molecule has 0 fully saturated rings. The SMILES string of the molecule is CC(C)(C)OC(=O)[n+]1ccc(/C=C/c2cccc(O)c2)cc1. The predicted octanol–water partition coefficient (Wildman–Crippen LogP) is 3.63. The fourth-order valence-electron chi connectivity index (χ4n) is 1.81. The maximum Gasteiger partial charge on any atom is 0.602 e. The van der Waals surface area contributed by atoms with Gasteiger partial charge in [0.05, 0.1) is 0 Å². The van der Waals surface area contributed by atoms with Crippen LogP contribution in [0, 0.1) is 0 Å². The Morgan fingerprint density at radius 2 is 1.73 bits per heavy atom. The van der Waals surface area contributed by atoms with Crippen molar-refractivity contribution in [2.45, 2.75) is 26.4 Å². The summed E-state index contributed by atoms with van der Waals surface area (Å²) in [6.07, 6.45) is 6.73. The first-order valence-electron chi connectivity index (χ1n) is 7.05. The van der Waals surface area contributed by atoms with E-state index in [0.29, 0.717) is 0 Å². The highest BCUT2D eigenvalue weighted by molar-refractivity contribution is 5.69. The Bertz CT molecular complexity index is 682. The van der Waals surface area contributed by atoms with E-state index >= 15 is 0 Å². The highest BCUT2D eigenvalue weighted by Gasteiger charge is 2.23. The maximum atomic E-state index is 11.9. The van der Waals surface area contributed by atoms with Gasteiger partial charge in [-0.1, -0.05) is 28.9 Å². The Labute approximate surface area is 130 Å². The Hall–Kier alpha value is -2.62. The number of pyridine rings is 1. The number of rotatable bonds is 2. The molecule has 22 heavy (non-hydrogen) atoms. The number of aromatic hydroxyl groups is 1. The molecule has 0 saturated carbocycles. The van der Waals surface area contributed by atoms with Gasteiger partial charge in [-0.05, 0) is 44.0 Å². The summed E-state index contributed by atoms with van der Waals surface area (Å²) in [7, 11) is 0. The van der Waals surface area contributed by atoms with Crippen molar-refractivity contribution in [2.75, 3.05) is 0 Å². The molecule has 4 nitrogen and oxygen atoms in total. The zero-order valence-electron chi connectivity index (χ0n) is 13.0. The number of nitrogens with zero attached hydrogens (tertiary/aromatic N) is 1. The van der Waals surface area contributed by atoms with Crippen molar-refractivity contribution in [3.8, 4) is 5.75 Å². The average molecular weight is 298 g/mol. The molecule has 0 amide bonds. The second-order valence-corrected chi connectivity index (χ2v) is 5.95. The molecule has 2 rings (SSSR count). The molecule has 0 aliphatic rings. The lowest BCUT2D eigenvalue weighted by molar-refractivity contribution is -0.588. The van der Waals surface area contributed by atoms with Gasteiger partial charge in [0, 0.05) is 12.1 Å². The Morgan fingerprint density at radius 1 is 1.09 bits per heavy atom. The average Bonchev–Trinajstić information content (AvgIpc) is 2.44. The van der Waals surface area contributed by atoms with Crippen LogP contribution in [0.15, 0.2) is 48.8 Å². The van der Waals surface area contributed by atoms with E-state index < -0.39 is 11.7 Å². The summed E-state index contributed by atoms with van der Waals surface area (Å²) in [4.78, 5) is 11.9. The summed E-state index contributed by atoms with van der Waals surface area (Å²) >= 11 is 0. The van der Waals surface area contributed by atoms with Crippen LogP contribution in [0.4, 0.5) is 4.79 Å². The van der Waals surface area contributed by atoms with Crippen molar-refractivity contribution in [2.24, 2.45) is 0 Å². The number of carbonyl (C=O) groups is 1. The Balaban J connectivity index is 2.07. The molecule has 1 aromatic heterocycles. The monoisotopic (exact) mass is 298 g/mol. The number of phenolic OH excluding ortho intramolecular Hbond substituents is 1. The van der Waals surface area contributed by atoms with Crippen molar-refractivity contribution in [1.29, 1.82) is 0 Å². The Morgan fingerprint density at radius 3 is 2.32 bits per heavy atom. The van der Waals surface area contributed by atoms with Crippen LogP contribution in [0.1, 0.15) is 31.9 Å². The summed E-state index contributed by atoms with van der Waals surface area (Å²) in [5, 5.41) is 9.41. The second kappa shape index (κ2) is 6.43. The molecule has 0 aliphatic heterocycles. The molecular formula is C18H20NO3+. The summed E-state index contributed by atoms with van der Waals surface area (Å²) < 4.78 is 6.68. The number of hydrogen-bond donors (Lipinski definition) is 1. The number of ether oxygens (including phenoxy) is 1. The highest BCUT2D eigenvalue weighted by Crippen LogP contribution is 2.13. The quantitative estimate of drug-likeness (QED) is 0.861. The summed E-state index contributed by atoms with van der Waals surface area (Å²) in [5.41, 5.74) is 1.34. The first-order chi connectivity index (χ1) is 10.3. The van der Waals surface area contributed by atoms with Gasteiger partial charge in [0.15, 0.2) is 12.4 Å². The van der Waals surface area contributed by atoms with E-state index in [9.17, 15) is 9.90 Å². The molecule has 0 bridgehead atoms. The van der Waals surface area contributed by atoms with E-state index in [0.717, 1.165) is 11.1 Å². The third kappa shape index (κ3) is 4.74. The van der Waals surface area contributed by atoms with E-state index in [1.54, 1.807) is 30.6 Å². The van der Waals surface area contributed by atoms with Gasteiger partial charge in [-0.2, -0.15) is 4.79 Å². The van der Waals surface area contributed by atoms with E-state index in [4.69, 9.17) is 4.74 Å². The van der Waals surface area contributed by atoms with Crippen LogP contribution in [0.5, 0.6) is 5.75 Å². The summed E-state index contributed by atoms with van der Waals surface area (Å²) in [6, 6.07) is 10.6. The molecule has 0 atom stereocenters. The molecule has 0 unspecified atom stereocenters. The summed E-state index contributed by atoms with van der Waals surface area (Å²) in [5.74, 6) is 0.234. The lowest BCUT2D eigenvalue weighted by Gasteiger charge is -2.15. The van der Waals surface area contributed by atoms with Crippen LogP contribution in [0.3, 0.4) is 0 Å². The van der Waals surface area contributed by atoms with Gasteiger partial charge in [0.2, 0.25) is 0 Å². The van der Waals surface area contributed by atoms with Crippen LogP contribution in [0.2, 0.25) is 0 Å². The van der Waals surface area contributed by atoms with Crippen molar-refractivity contribution in [3.63, 3.8) is 0 Å². The van der Waals surface area contributed by atoms with Crippen LogP contribution >= 0.6 is 0 Å². The van der Waals surface area contributed by atoms with Gasteiger partial charge in [-0.3, -0.25) is 0 Å². The normalized spacial score (nSPS) is 11.6. The number of carbonyl (C=O) groups excluding carboxylic acids is 1. The van der Waals surface area contributed by atoms with Crippen LogP contribution < -0.4 is 4.57 Å². The molecule has 0 saturated heterocycles. The standard InChI is InChI=1S/C18H19NO3/c1-18(2,3)22-17(21)19-11-9-14(10-12-19)7-8-15-5-4-6-16(20)13-15/h4-13H,1-3H3/p+1/b8-7+. The summed E-state index contributed by atoms with van der Waals surface area (Å²) in [6.45, 7) is 5.49.